The lowest BCUT2D eigenvalue weighted by Gasteiger charge is -2.09. The number of para-hydroxylation sites is 1. The van der Waals surface area contributed by atoms with Gasteiger partial charge in [0.2, 0.25) is 0 Å². The summed E-state index contributed by atoms with van der Waals surface area (Å²) in [5.74, 6) is 1.34. The van der Waals surface area contributed by atoms with Gasteiger partial charge in [-0.05, 0) is 24.6 Å². The number of nitrogens with one attached hydrogen (secondary N) is 2. The molecule has 0 fully saturated rings. The largest absolute Gasteiger partial charge is 0.493 e. The van der Waals surface area contributed by atoms with Gasteiger partial charge in [-0.2, -0.15) is 0 Å². The maximum Gasteiger partial charge on any atom is 0.258 e. The van der Waals surface area contributed by atoms with Crippen LogP contribution in [0.2, 0.25) is 0 Å². The number of hydrogen-bond acceptors (Lipinski definition) is 5. The second-order valence-electron chi connectivity index (χ2n) is 6.55. The highest BCUT2D eigenvalue weighted by molar-refractivity contribution is 5.85. The molecule has 0 bridgehead atoms. The molecule has 0 amide bonds. The number of rotatable bonds is 4. The number of hydrogen-bond donors (Lipinski definition) is 2. The van der Waals surface area contributed by atoms with Crippen molar-refractivity contribution in [2.45, 2.75) is 13.3 Å². The van der Waals surface area contributed by atoms with Crippen LogP contribution in [0.25, 0.3) is 21.8 Å². The number of halogens is 1. The van der Waals surface area contributed by atoms with Crippen LogP contribution in [0.5, 0.6) is 11.5 Å². The predicted molar refractivity (Wildman–Crippen MR) is 115 cm³/mol. The zero-order valence-corrected chi connectivity index (χ0v) is 17.0. The van der Waals surface area contributed by atoms with Crippen molar-refractivity contribution in [3.63, 3.8) is 0 Å². The van der Waals surface area contributed by atoms with Gasteiger partial charge in [0.15, 0.2) is 16.9 Å². The summed E-state index contributed by atoms with van der Waals surface area (Å²) in [6.07, 6.45) is 1.88. The number of H-pyrrole nitrogens is 2. The Balaban J connectivity index is 0.00000240. The minimum atomic E-state index is -0.297. The summed E-state index contributed by atoms with van der Waals surface area (Å²) in [6.45, 7) is 1.95. The average Bonchev–Trinajstić information content (AvgIpc) is 2.69. The Labute approximate surface area is 172 Å². The molecule has 150 valence electrons. The van der Waals surface area contributed by atoms with Crippen LogP contribution in [-0.2, 0) is 6.42 Å². The van der Waals surface area contributed by atoms with Gasteiger partial charge in [-0.3, -0.25) is 9.59 Å². The molecule has 0 aliphatic heterocycles. The van der Waals surface area contributed by atoms with Crippen molar-refractivity contribution in [1.29, 1.82) is 0 Å². The zero-order chi connectivity index (χ0) is 19.8. The highest BCUT2D eigenvalue weighted by atomic mass is 35.5. The van der Waals surface area contributed by atoms with Crippen molar-refractivity contribution < 1.29 is 9.47 Å². The third-order valence-corrected chi connectivity index (χ3v) is 4.82. The van der Waals surface area contributed by atoms with Crippen LogP contribution < -0.4 is 20.5 Å². The standard InChI is InChI=1S/C21H19N3O4.ClH/c1-11-5-4-6-13-19(11)22-10-12(20(13)25)7-18-23-15-9-17(28-3)16(27-2)8-14(15)21(26)24-18;/h4-6,8-10H,7H2,1-3H3,(H,22,25)(H,23,24,26);1H. The highest BCUT2D eigenvalue weighted by Gasteiger charge is 2.13. The van der Waals surface area contributed by atoms with Crippen LogP contribution in [0.4, 0.5) is 0 Å². The number of aryl methyl sites for hydroxylation is 1. The second kappa shape index (κ2) is 7.97. The Kier molecular flexibility index (Phi) is 5.61. The Morgan fingerprint density at radius 2 is 1.76 bits per heavy atom. The summed E-state index contributed by atoms with van der Waals surface area (Å²) in [7, 11) is 3.03. The van der Waals surface area contributed by atoms with E-state index >= 15 is 0 Å². The van der Waals surface area contributed by atoms with E-state index in [2.05, 4.69) is 15.0 Å². The van der Waals surface area contributed by atoms with Crippen molar-refractivity contribution in [3.05, 3.63) is 74.1 Å². The molecular formula is C21H20ClN3O4. The maximum atomic E-state index is 12.8. The molecule has 0 unspecified atom stereocenters. The van der Waals surface area contributed by atoms with E-state index in [1.807, 2.05) is 19.1 Å². The molecule has 0 radical (unpaired) electrons. The lowest BCUT2D eigenvalue weighted by Crippen LogP contribution is -2.16. The summed E-state index contributed by atoms with van der Waals surface area (Å²) >= 11 is 0. The summed E-state index contributed by atoms with van der Waals surface area (Å²) in [4.78, 5) is 35.8. The highest BCUT2D eigenvalue weighted by Crippen LogP contribution is 2.30. The maximum absolute atomic E-state index is 12.8. The van der Waals surface area contributed by atoms with Crippen LogP contribution in [-0.4, -0.2) is 29.2 Å². The van der Waals surface area contributed by atoms with E-state index in [0.29, 0.717) is 39.2 Å². The molecule has 2 aromatic heterocycles. The summed E-state index contributed by atoms with van der Waals surface area (Å²) in [6, 6.07) is 8.84. The first-order valence-corrected chi connectivity index (χ1v) is 8.76. The van der Waals surface area contributed by atoms with Gasteiger partial charge in [0.1, 0.15) is 5.82 Å². The normalized spacial score (nSPS) is 10.7. The summed E-state index contributed by atoms with van der Waals surface area (Å²) < 4.78 is 10.5. The molecule has 4 aromatic rings. The molecule has 2 heterocycles. The van der Waals surface area contributed by atoms with E-state index < -0.39 is 0 Å². The van der Waals surface area contributed by atoms with E-state index in [1.54, 1.807) is 24.4 Å². The van der Waals surface area contributed by atoms with Gasteiger partial charge in [0.25, 0.3) is 5.56 Å². The van der Waals surface area contributed by atoms with Gasteiger partial charge in [0, 0.05) is 29.6 Å². The Hall–Kier alpha value is -3.32. The number of fused-ring (bicyclic) bond motifs is 2. The minimum absolute atomic E-state index is 0. The molecule has 0 saturated carbocycles. The van der Waals surface area contributed by atoms with Gasteiger partial charge >= 0.3 is 0 Å². The first-order valence-electron chi connectivity index (χ1n) is 8.76. The number of aromatic nitrogens is 3. The monoisotopic (exact) mass is 413 g/mol. The first-order chi connectivity index (χ1) is 13.5. The van der Waals surface area contributed by atoms with Crippen molar-refractivity contribution in [2.24, 2.45) is 0 Å². The second-order valence-corrected chi connectivity index (χ2v) is 6.55. The predicted octanol–water partition coefficient (Wildman–Crippen LogP) is 3.10. The van der Waals surface area contributed by atoms with Gasteiger partial charge in [0.05, 0.1) is 30.6 Å². The van der Waals surface area contributed by atoms with Crippen molar-refractivity contribution in [3.8, 4) is 11.5 Å². The molecule has 0 aliphatic carbocycles. The van der Waals surface area contributed by atoms with Crippen molar-refractivity contribution in [1.82, 2.24) is 15.0 Å². The number of aromatic amines is 2. The molecule has 7 nitrogen and oxygen atoms in total. The Morgan fingerprint density at radius 3 is 2.48 bits per heavy atom. The molecule has 0 aliphatic rings. The van der Waals surface area contributed by atoms with Gasteiger partial charge < -0.3 is 19.4 Å². The van der Waals surface area contributed by atoms with E-state index in [-0.39, 0.29) is 29.8 Å². The van der Waals surface area contributed by atoms with Gasteiger partial charge in [-0.25, -0.2) is 4.98 Å². The quantitative estimate of drug-likeness (QED) is 0.535. The molecule has 2 N–H and O–H groups in total. The molecular weight excluding hydrogens is 394 g/mol. The molecule has 29 heavy (non-hydrogen) atoms. The fourth-order valence-corrected chi connectivity index (χ4v) is 3.36. The molecule has 0 atom stereocenters. The number of ether oxygens (including phenoxy) is 2. The third-order valence-electron chi connectivity index (χ3n) is 4.82. The molecule has 2 aromatic carbocycles. The lowest BCUT2D eigenvalue weighted by molar-refractivity contribution is 0.355. The molecule has 4 rings (SSSR count). The van der Waals surface area contributed by atoms with Crippen LogP contribution in [0.3, 0.4) is 0 Å². The van der Waals surface area contributed by atoms with Crippen LogP contribution in [0.15, 0.2) is 46.1 Å². The minimum Gasteiger partial charge on any atom is -0.493 e. The fraction of sp³-hybridized carbons (Fsp3) is 0.190. The van der Waals surface area contributed by atoms with Crippen LogP contribution in [0.1, 0.15) is 17.0 Å². The topological polar surface area (TPSA) is 97.1 Å². The summed E-state index contributed by atoms with van der Waals surface area (Å²) in [5, 5.41) is 1.01. The third kappa shape index (κ3) is 3.56. The average molecular weight is 414 g/mol. The number of pyridine rings is 1. The van der Waals surface area contributed by atoms with Crippen molar-refractivity contribution in [2.75, 3.05) is 14.2 Å². The van der Waals surface area contributed by atoms with Crippen LogP contribution in [0, 0.1) is 6.92 Å². The Bertz CT molecular complexity index is 1330. The van der Waals surface area contributed by atoms with Crippen LogP contribution >= 0.6 is 12.4 Å². The van der Waals surface area contributed by atoms with E-state index in [1.165, 1.54) is 14.2 Å². The number of benzene rings is 2. The first kappa shape index (κ1) is 20.4. The number of nitrogens with zero attached hydrogens (tertiary/aromatic N) is 1. The SMILES string of the molecule is COc1cc2nc(Cc3c[nH]c4c(C)cccc4c3=O)[nH]c(=O)c2cc1OC.Cl. The molecule has 0 spiro atoms. The van der Waals surface area contributed by atoms with E-state index in [9.17, 15) is 9.59 Å². The smallest absolute Gasteiger partial charge is 0.258 e. The molecule has 8 heteroatoms. The van der Waals surface area contributed by atoms with Gasteiger partial charge in [-0.1, -0.05) is 12.1 Å². The molecule has 0 saturated heterocycles. The van der Waals surface area contributed by atoms with E-state index in [0.717, 1.165) is 11.1 Å². The van der Waals surface area contributed by atoms with Crippen molar-refractivity contribution >= 4 is 34.2 Å². The lowest BCUT2D eigenvalue weighted by atomic mass is 10.1. The fourth-order valence-electron chi connectivity index (χ4n) is 3.36. The van der Waals surface area contributed by atoms with Gasteiger partial charge in [-0.15, -0.1) is 12.4 Å². The Morgan fingerprint density at radius 1 is 1.03 bits per heavy atom. The van der Waals surface area contributed by atoms with E-state index in [4.69, 9.17) is 9.47 Å². The number of methoxy groups -OCH3 is 2. The summed E-state index contributed by atoms with van der Waals surface area (Å²) in [5.41, 5.74) is 2.44. The zero-order valence-electron chi connectivity index (χ0n) is 16.2.